The second-order valence-electron chi connectivity index (χ2n) is 15.5. The lowest BCUT2D eigenvalue weighted by Gasteiger charge is -2.29. The highest BCUT2D eigenvalue weighted by molar-refractivity contribution is 7.47. The van der Waals surface area contributed by atoms with Crippen molar-refractivity contribution in [1.82, 2.24) is 19.9 Å². The van der Waals surface area contributed by atoms with Gasteiger partial charge in [-0.1, -0.05) is 96.8 Å². The van der Waals surface area contributed by atoms with E-state index < -0.39 is 55.9 Å². The third kappa shape index (κ3) is 11.8. The minimum atomic E-state index is -5.00. The minimum absolute atomic E-state index is 0.0428. The number of carbonyl (C=O) groups is 1. The molecule has 1 aliphatic heterocycles. The van der Waals surface area contributed by atoms with Crippen LogP contribution in [0.1, 0.15) is 126 Å². The summed E-state index contributed by atoms with van der Waals surface area (Å²) in [6.07, 6.45) is 13.5. The summed E-state index contributed by atoms with van der Waals surface area (Å²) >= 11 is 0. The minimum Gasteiger partial charge on any atom is -0.385 e. The lowest BCUT2D eigenvalue weighted by Crippen LogP contribution is -2.47. The molecule has 2 fully saturated rings. The average molecular weight is 842 g/mol. The Hall–Kier alpha value is -4.03. The number of hydrogen-bond acceptors (Lipinski definition) is 13. The van der Waals surface area contributed by atoms with Gasteiger partial charge < -0.3 is 35.6 Å². The largest absolute Gasteiger partial charge is 0.472 e. The van der Waals surface area contributed by atoms with Crippen LogP contribution in [0, 0.1) is 28.5 Å². The molecule has 16 nitrogen and oxygen atoms in total. The van der Waals surface area contributed by atoms with Crippen LogP contribution in [-0.4, -0.2) is 78.8 Å². The zero-order chi connectivity index (χ0) is 42.5. The average Bonchev–Trinajstić information content (AvgIpc) is 3.45. The summed E-state index contributed by atoms with van der Waals surface area (Å²) in [4.78, 5) is 27.3. The van der Waals surface area contributed by atoms with Crippen molar-refractivity contribution in [2.45, 2.75) is 152 Å². The van der Waals surface area contributed by atoms with E-state index in [2.05, 4.69) is 22.3 Å². The number of carbonyl (C=O) groups excluding carboxylic acids is 1. The molecular weight excluding hydrogens is 784 g/mol. The molecule has 1 saturated heterocycles. The van der Waals surface area contributed by atoms with Gasteiger partial charge >= 0.3 is 7.82 Å². The highest BCUT2D eigenvalue weighted by Gasteiger charge is 2.83. The van der Waals surface area contributed by atoms with Gasteiger partial charge in [-0.15, -0.1) is 0 Å². The maximum absolute atomic E-state index is 14.1. The van der Waals surface area contributed by atoms with Crippen LogP contribution >= 0.6 is 7.82 Å². The fourth-order valence-electron chi connectivity index (χ4n) is 7.61. The first kappa shape index (κ1) is 46.0. The molecule has 0 spiro atoms. The zero-order valence-electron chi connectivity index (χ0n) is 33.6. The van der Waals surface area contributed by atoms with Gasteiger partial charge in [-0.05, 0) is 42.3 Å². The molecule has 18 heteroatoms. The van der Waals surface area contributed by atoms with Crippen LogP contribution in [0.25, 0.3) is 5.52 Å². The molecule has 2 aromatic heterocycles. The van der Waals surface area contributed by atoms with Gasteiger partial charge in [0.15, 0.2) is 11.4 Å². The number of aliphatic hydroxyl groups is 2. The molecule has 3 heterocycles. The van der Waals surface area contributed by atoms with Gasteiger partial charge in [0, 0.05) is 13.0 Å². The molecule has 0 bridgehead atoms. The first-order valence-electron chi connectivity index (χ1n) is 20.7. The Labute approximate surface area is 344 Å². The first-order valence-corrected chi connectivity index (χ1v) is 22.2. The summed E-state index contributed by atoms with van der Waals surface area (Å²) < 4.78 is 50.6. The monoisotopic (exact) mass is 841 g/mol. The Morgan fingerprint density at radius 2 is 1.69 bits per heavy atom. The number of amides is 1. The lowest BCUT2D eigenvalue weighted by molar-refractivity contribution is -0.122. The number of nitriles is 2. The van der Waals surface area contributed by atoms with E-state index >= 15 is 0 Å². The van der Waals surface area contributed by atoms with E-state index in [1.807, 2.05) is 12.1 Å². The normalized spacial score (nSPS) is 23.6. The Morgan fingerprint density at radius 3 is 2.29 bits per heavy atom. The van der Waals surface area contributed by atoms with Crippen molar-refractivity contribution < 1.29 is 47.4 Å². The Morgan fingerprint density at radius 1 is 1.05 bits per heavy atom. The SMILES string of the molecule is CCCCCCCCCCCCCCCCCC(=O)NC[C@H](COP(=O)(O)OC1[C@H]2O[C@@](C#N)(c3ccc4c(N)ncnn34)[C@H](O)[C@@]12O)OCc1cc(F)cc(C#N)c1. The molecule has 7 atom stereocenters. The van der Waals surface area contributed by atoms with Crippen LogP contribution in [0.2, 0.25) is 0 Å². The van der Waals surface area contributed by atoms with Crippen molar-refractivity contribution in [1.29, 1.82) is 10.5 Å². The maximum Gasteiger partial charge on any atom is 0.472 e. The number of unbranched alkanes of at least 4 members (excludes halogenated alkanes) is 14. The van der Waals surface area contributed by atoms with Crippen LogP contribution in [-0.2, 0) is 40.1 Å². The van der Waals surface area contributed by atoms with E-state index in [0.717, 1.165) is 31.7 Å². The number of rotatable bonds is 27. The second-order valence-corrected chi connectivity index (χ2v) is 16.9. The van der Waals surface area contributed by atoms with Crippen molar-refractivity contribution in [2.75, 3.05) is 18.9 Å². The number of aromatic nitrogens is 3. The summed E-state index contributed by atoms with van der Waals surface area (Å²) in [6, 6.07) is 10.4. The molecule has 1 amide bonds. The molecule has 2 aliphatic rings. The number of benzene rings is 1. The number of aliphatic hydroxyl groups excluding tert-OH is 1. The van der Waals surface area contributed by atoms with Gasteiger partial charge in [-0.25, -0.2) is 18.5 Å². The van der Waals surface area contributed by atoms with Gasteiger partial charge in [0.1, 0.15) is 42.0 Å². The standard InChI is InChI=1S/C41H57FN7O9P/c1-2-3-4-5-6-7-8-9-10-11-12-13-14-15-16-17-35(50)46-24-32(55-25-30-20-29(23-43)21-31(42)22-30)26-56-59(53,54)58-37-36-41(37,52)39(51)40(27-44,57-36)34-19-18-33-38(45)47-28-48-49(33)34/h18-22,28,32,36-37,39,51-52H,2-17,24-26H2,1H3,(H,46,50)(H,53,54)(H2,45,47,48)/t32-,36-,37?,39+,40+,41+/m1/s1. The molecular formula is C41H57FN7O9P. The number of fused-ring (bicyclic) bond motifs is 2. The number of phosphoric acid groups is 1. The molecule has 0 radical (unpaired) electrons. The quantitative estimate of drug-likeness (QED) is 0.0436. The molecule has 1 aromatic carbocycles. The molecule has 3 aromatic rings. The van der Waals surface area contributed by atoms with Crippen molar-refractivity contribution in [3.05, 3.63) is 59.3 Å². The molecule has 2 unspecified atom stereocenters. The third-order valence-electron chi connectivity index (χ3n) is 11.0. The molecule has 5 rings (SSSR count). The van der Waals surface area contributed by atoms with Crippen molar-refractivity contribution in [3.63, 3.8) is 0 Å². The summed E-state index contributed by atoms with van der Waals surface area (Å²) in [6.45, 7) is 1.28. The number of anilines is 1. The van der Waals surface area contributed by atoms with Crippen LogP contribution in [0.4, 0.5) is 10.2 Å². The Balaban J connectivity index is 1.07. The Kier molecular flexibility index (Phi) is 16.8. The predicted molar refractivity (Wildman–Crippen MR) is 213 cm³/mol. The molecule has 1 aliphatic carbocycles. The highest BCUT2D eigenvalue weighted by atomic mass is 31.2. The molecule has 59 heavy (non-hydrogen) atoms. The van der Waals surface area contributed by atoms with Crippen LogP contribution < -0.4 is 11.1 Å². The Bertz CT molecular complexity index is 1990. The van der Waals surface area contributed by atoms with Crippen molar-refractivity contribution in [3.8, 4) is 12.1 Å². The fourth-order valence-corrected chi connectivity index (χ4v) is 8.59. The van der Waals surface area contributed by atoms with Crippen LogP contribution in [0.3, 0.4) is 0 Å². The zero-order valence-corrected chi connectivity index (χ0v) is 34.5. The van der Waals surface area contributed by atoms with Gasteiger partial charge in [0.05, 0.1) is 36.6 Å². The molecule has 1 saturated carbocycles. The highest BCUT2D eigenvalue weighted by Crippen LogP contribution is 2.63. The first-order chi connectivity index (χ1) is 28.4. The van der Waals surface area contributed by atoms with E-state index in [-0.39, 0.29) is 42.6 Å². The van der Waals surface area contributed by atoms with Gasteiger partial charge in [0.2, 0.25) is 11.5 Å². The smallest absolute Gasteiger partial charge is 0.385 e. The summed E-state index contributed by atoms with van der Waals surface area (Å²) in [5, 5.41) is 48.8. The van der Waals surface area contributed by atoms with Gasteiger partial charge in [-0.3, -0.25) is 13.8 Å². The predicted octanol–water partition coefficient (Wildman–Crippen LogP) is 6.01. The number of nitrogens with one attached hydrogen (secondary N) is 1. The topological polar surface area (TPSA) is 248 Å². The van der Waals surface area contributed by atoms with Crippen LogP contribution in [0.15, 0.2) is 36.7 Å². The van der Waals surface area contributed by atoms with Crippen molar-refractivity contribution >= 4 is 25.1 Å². The summed E-state index contributed by atoms with van der Waals surface area (Å²) in [5.74, 6) is -0.805. The van der Waals surface area contributed by atoms with Crippen molar-refractivity contribution in [2.24, 2.45) is 0 Å². The number of nitrogen functional groups attached to an aromatic ring is 1. The fraction of sp³-hybridized carbons (Fsp3) is 0.634. The van der Waals surface area contributed by atoms with E-state index in [1.54, 1.807) is 0 Å². The number of phosphoric ester groups is 1. The molecule has 322 valence electrons. The number of nitrogens with zero attached hydrogens (tertiary/aromatic N) is 5. The number of nitrogens with two attached hydrogens (primary N) is 1. The van der Waals surface area contributed by atoms with Gasteiger partial charge in [-0.2, -0.15) is 15.6 Å². The number of halogens is 1. The van der Waals surface area contributed by atoms with E-state index in [0.29, 0.717) is 17.5 Å². The summed E-state index contributed by atoms with van der Waals surface area (Å²) in [5.41, 5.74) is 2.23. The van der Waals surface area contributed by atoms with Crippen LogP contribution in [0.5, 0.6) is 0 Å². The van der Waals surface area contributed by atoms with E-state index in [9.17, 15) is 39.4 Å². The third-order valence-corrected chi connectivity index (χ3v) is 12.0. The summed E-state index contributed by atoms with van der Waals surface area (Å²) in [7, 11) is -5.00. The van der Waals surface area contributed by atoms with E-state index in [1.165, 1.54) is 99.4 Å². The number of ether oxygens (including phenoxy) is 2. The number of hydrogen-bond donors (Lipinski definition) is 5. The van der Waals surface area contributed by atoms with Gasteiger partial charge in [0.25, 0.3) is 0 Å². The lowest BCUT2D eigenvalue weighted by atomic mass is 9.90. The maximum atomic E-state index is 14.1. The molecule has 6 N–H and O–H groups in total. The second kappa shape index (κ2) is 21.5. The van der Waals surface area contributed by atoms with E-state index in [4.69, 9.17) is 24.3 Å².